The van der Waals surface area contributed by atoms with Gasteiger partial charge in [0.1, 0.15) is 5.15 Å². The van der Waals surface area contributed by atoms with Crippen molar-refractivity contribution in [2.24, 2.45) is 13.0 Å². The first-order valence-corrected chi connectivity index (χ1v) is 7.26. The zero-order valence-electron chi connectivity index (χ0n) is 11.5. The number of rotatable bonds is 3. The molecule has 2 unspecified atom stereocenters. The molecule has 1 saturated carbocycles. The SMILES string of the molecule is CCC1CCCCC1(O)Cc1c(C)nn(C)c1Cl. The molecule has 0 amide bonds. The first kappa shape index (κ1) is 13.9. The highest BCUT2D eigenvalue weighted by molar-refractivity contribution is 6.30. The van der Waals surface area contributed by atoms with E-state index in [0.29, 0.717) is 17.5 Å². The van der Waals surface area contributed by atoms with E-state index >= 15 is 0 Å². The molecule has 1 N–H and O–H groups in total. The monoisotopic (exact) mass is 270 g/mol. The molecule has 0 saturated heterocycles. The molecule has 0 aliphatic heterocycles. The van der Waals surface area contributed by atoms with Crippen molar-refractivity contribution in [2.45, 2.75) is 58.0 Å². The number of aliphatic hydroxyl groups is 1. The largest absolute Gasteiger partial charge is 0.389 e. The molecule has 1 aromatic heterocycles. The van der Waals surface area contributed by atoms with Gasteiger partial charge in [0.15, 0.2) is 0 Å². The fraction of sp³-hybridized carbons (Fsp3) is 0.786. The molecule has 1 aliphatic carbocycles. The molecule has 0 radical (unpaired) electrons. The average Bonchev–Trinajstić information content (AvgIpc) is 2.56. The van der Waals surface area contributed by atoms with Crippen LogP contribution in [0, 0.1) is 12.8 Å². The fourth-order valence-electron chi connectivity index (χ4n) is 3.29. The summed E-state index contributed by atoms with van der Waals surface area (Å²) in [6.45, 7) is 4.13. The van der Waals surface area contributed by atoms with E-state index in [1.807, 2.05) is 14.0 Å². The molecule has 2 atom stereocenters. The molecule has 18 heavy (non-hydrogen) atoms. The number of halogens is 1. The third-order valence-corrected chi connectivity index (χ3v) is 4.89. The zero-order chi connectivity index (χ0) is 13.3. The van der Waals surface area contributed by atoms with Crippen LogP contribution in [-0.4, -0.2) is 20.5 Å². The van der Waals surface area contributed by atoms with E-state index in [2.05, 4.69) is 12.0 Å². The Bertz CT molecular complexity index is 430. The highest BCUT2D eigenvalue weighted by Crippen LogP contribution is 2.39. The van der Waals surface area contributed by atoms with Gasteiger partial charge in [0, 0.05) is 19.0 Å². The van der Waals surface area contributed by atoms with Crippen LogP contribution >= 0.6 is 11.6 Å². The Balaban J connectivity index is 2.25. The van der Waals surface area contributed by atoms with Gasteiger partial charge in [0.05, 0.1) is 11.3 Å². The zero-order valence-corrected chi connectivity index (χ0v) is 12.3. The minimum atomic E-state index is -0.593. The normalized spacial score (nSPS) is 28.6. The van der Waals surface area contributed by atoms with E-state index in [0.717, 1.165) is 36.9 Å². The average molecular weight is 271 g/mol. The minimum Gasteiger partial charge on any atom is -0.389 e. The Hall–Kier alpha value is -0.540. The molecule has 0 spiro atoms. The van der Waals surface area contributed by atoms with Crippen LogP contribution in [-0.2, 0) is 13.5 Å². The summed E-state index contributed by atoms with van der Waals surface area (Å²) < 4.78 is 1.69. The van der Waals surface area contributed by atoms with Crippen molar-refractivity contribution in [1.29, 1.82) is 0 Å². The van der Waals surface area contributed by atoms with Crippen LogP contribution in [0.1, 0.15) is 50.3 Å². The Labute approximate surface area is 114 Å². The maximum Gasteiger partial charge on any atom is 0.130 e. The predicted octanol–water partition coefficient (Wildman–Crippen LogP) is 3.26. The van der Waals surface area contributed by atoms with E-state index in [-0.39, 0.29) is 0 Å². The number of aromatic nitrogens is 2. The van der Waals surface area contributed by atoms with E-state index in [9.17, 15) is 5.11 Å². The van der Waals surface area contributed by atoms with Crippen molar-refractivity contribution < 1.29 is 5.11 Å². The summed E-state index contributed by atoms with van der Waals surface area (Å²) in [6.07, 6.45) is 6.04. The topological polar surface area (TPSA) is 38.1 Å². The van der Waals surface area contributed by atoms with Crippen molar-refractivity contribution in [3.8, 4) is 0 Å². The highest BCUT2D eigenvalue weighted by Gasteiger charge is 2.39. The molecule has 1 aliphatic rings. The van der Waals surface area contributed by atoms with Crippen molar-refractivity contribution in [1.82, 2.24) is 9.78 Å². The van der Waals surface area contributed by atoms with Crippen LogP contribution in [0.4, 0.5) is 0 Å². The molecule has 102 valence electrons. The Morgan fingerprint density at radius 2 is 2.22 bits per heavy atom. The molecule has 1 fully saturated rings. The minimum absolute atomic E-state index is 0.391. The summed E-state index contributed by atoms with van der Waals surface area (Å²) in [6, 6.07) is 0. The second-order valence-electron chi connectivity index (χ2n) is 5.61. The van der Waals surface area contributed by atoms with Crippen molar-refractivity contribution >= 4 is 11.6 Å². The van der Waals surface area contributed by atoms with E-state index in [4.69, 9.17) is 11.6 Å². The molecule has 1 heterocycles. The van der Waals surface area contributed by atoms with Crippen LogP contribution in [0.2, 0.25) is 5.15 Å². The molecule has 1 aromatic rings. The summed E-state index contributed by atoms with van der Waals surface area (Å²) in [5, 5.41) is 15.9. The van der Waals surface area contributed by atoms with Gasteiger partial charge in [-0.15, -0.1) is 0 Å². The summed E-state index contributed by atoms with van der Waals surface area (Å²) in [4.78, 5) is 0. The van der Waals surface area contributed by atoms with Crippen LogP contribution in [0.15, 0.2) is 0 Å². The predicted molar refractivity (Wildman–Crippen MR) is 73.9 cm³/mol. The second kappa shape index (κ2) is 5.22. The Morgan fingerprint density at radius 1 is 1.50 bits per heavy atom. The molecule has 2 rings (SSSR count). The lowest BCUT2D eigenvalue weighted by Gasteiger charge is -2.40. The molecule has 0 aromatic carbocycles. The molecule has 0 bridgehead atoms. The fourth-order valence-corrected chi connectivity index (χ4v) is 3.53. The molecular weight excluding hydrogens is 248 g/mol. The number of hydrogen-bond acceptors (Lipinski definition) is 2. The Morgan fingerprint density at radius 3 is 2.78 bits per heavy atom. The lowest BCUT2D eigenvalue weighted by atomic mass is 9.71. The van der Waals surface area contributed by atoms with Crippen LogP contribution in [0.3, 0.4) is 0 Å². The number of hydrogen-bond donors (Lipinski definition) is 1. The van der Waals surface area contributed by atoms with Crippen molar-refractivity contribution in [2.75, 3.05) is 0 Å². The molecular formula is C14H23ClN2O. The van der Waals surface area contributed by atoms with Gasteiger partial charge in [-0.3, -0.25) is 4.68 Å². The highest BCUT2D eigenvalue weighted by atomic mass is 35.5. The van der Waals surface area contributed by atoms with Gasteiger partial charge < -0.3 is 5.11 Å². The quantitative estimate of drug-likeness (QED) is 0.916. The van der Waals surface area contributed by atoms with Crippen LogP contribution < -0.4 is 0 Å². The van der Waals surface area contributed by atoms with Gasteiger partial charge in [-0.05, 0) is 25.7 Å². The Kier molecular flexibility index (Phi) is 4.02. The maximum atomic E-state index is 10.9. The third kappa shape index (κ3) is 2.43. The summed E-state index contributed by atoms with van der Waals surface area (Å²) in [5.41, 5.74) is 1.36. The molecule has 4 heteroatoms. The van der Waals surface area contributed by atoms with E-state index < -0.39 is 5.60 Å². The molecule has 3 nitrogen and oxygen atoms in total. The summed E-state index contributed by atoms with van der Waals surface area (Å²) in [5.74, 6) is 0.391. The standard InChI is InChI=1S/C14H23ClN2O/c1-4-11-7-5-6-8-14(11,18)9-12-10(2)16-17(3)13(12)15/h11,18H,4-9H2,1-3H3. The lowest BCUT2D eigenvalue weighted by Crippen LogP contribution is -2.42. The lowest BCUT2D eigenvalue weighted by molar-refractivity contribution is -0.0492. The number of aryl methyl sites for hydroxylation is 2. The summed E-state index contributed by atoms with van der Waals surface area (Å²) in [7, 11) is 1.85. The van der Waals surface area contributed by atoms with E-state index in [1.54, 1.807) is 4.68 Å². The smallest absolute Gasteiger partial charge is 0.130 e. The maximum absolute atomic E-state index is 10.9. The second-order valence-corrected chi connectivity index (χ2v) is 5.97. The van der Waals surface area contributed by atoms with Crippen LogP contribution in [0.25, 0.3) is 0 Å². The van der Waals surface area contributed by atoms with Crippen molar-refractivity contribution in [3.05, 3.63) is 16.4 Å². The van der Waals surface area contributed by atoms with E-state index in [1.165, 1.54) is 6.42 Å². The third-order valence-electron chi connectivity index (χ3n) is 4.42. The van der Waals surface area contributed by atoms with Crippen molar-refractivity contribution in [3.63, 3.8) is 0 Å². The van der Waals surface area contributed by atoms with Crippen LogP contribution in [0.5, 0.6) is 0 Å². The van der Waals surface area contributed by atoms with Gasteiger partial charge in [-0.25, -0.2) is 0 Å². The van der Waals surface area contributed by atoms with Gasteiger partial charge in [-0.2, -0.15) is 5.10 Å². The summed E-state index contributed by atoms with van der Waals surface area (Å²) >= 11 is 6.28. The first-order chi connectivity index (χ1) is 8.48. The first-order valence-electron chi connectivity index (χ1n) is 6.88. The van der Waals surface area contributed by atoms with Gasteiger partial charge in [0.25, 0.3) is 0 Å². The van der Waals surface area contributed by atoms with Gasteiger partial charge in [-0.1, -0.05) is 37.8 Å². The number of nitrogens with zero attached hydrogens (tertiary/aromatic N) is 2. The van der Waals surface area contributed by atoms with Gasteiger partial charge >= 0.3 is 0 Å². The van der Waals surface area contributed by atoms with Gasteiger partial charge in [0.2, 0.25) is 0 Å².